The van der Waals surface area contributed by atoms with Gasteiger partial charge in [-0.05, 0) is 67.3 Å². The van der Waals surface area contributed by atoms with Crippen molar-refractivity contribution in [2.75, 3.05) is 13.1 Å². The number of rotatable bonds is 7. The summed E-state index contributed by atoms with van der Waals surface area (Å²) in [5.74, 6) is 0.875. The van der Waals surface area contributed by atoms with E-state index in [-0.39, 0.29) is 23.9 Å². The second kappa shape index (κ2) is 10.1. The number of fused-ring (bicyclic) bond motifs is 1. The lowest BCUT2D eigenvalue weighted by Crippen LogP contribution is -2.56. The summed E-state index contributed by atoms with van der Waals surface area (Å²) in [6, 6.07) is 8.09. The molecule has 0 radical (unpaired) electrons. The summed E-state index contributed by atoms with van der Waals surface area (Å²) >= 11 is 6.04. The van der Waals surface area contributed by atoms with Crippen molar-refractivity contribution in [2.24, 2.45) is 23.7 Å². The first-order valence-electron chi connectivity index (χ1n) is 11.7. The Kier molecular flexibility index (Phi) is 7.88. The molecule has 5 heteroatoms. The number of ether oxygens (including phenoxy) is 1. The third-order valence-electron chi connectivity index (χ3n) is 7.64. The highest BCUT2D eigenvalue weighted by Gasteiger charge is 2.52. The first-order valence-corrected chi connectivity index (χ1v) is 12.1. The average molecular weight is 448 g/mol. The van der Waals surface area contributed by atoms with E-state index in [4.69, 9.17) is 16.3 Å². The van der Waals surface area contributed by atoms with Gasteiger partial charge in [0.05, 0.1) is 5.60 Å². The summed E-state index contributed by atoms with van der Waals surface area (Å²) < 4.78 is 5.53. The molecule has 6 atom stereocenters. The Bertz CT molecular complexity index is 792. The van der Waals surface area contributed by atoms with Crippen LogP contribution in [0, 0.1) is 23.7 Å². The lowest BCUT2D eigenvalue weighted by atomic mass is 9.57. The number of aliphatic hydroxyl groups is 1. The van der Waals surface area contributed by atoms with E-state index in [1.54, 1.807) is 0 Å². The summed E-state index contributed by atoms with van der Waals surface area (Å²) in [5.41, 5.74) is 1.53. The summed E-state index contributed by atoms with van der Waals surface area (Å²) in [6.07, 6.45) is 4.53. The first-order chi connectivity index (χ1) is 14.6. The van der Waals surface area contributed by atoms with Crippen LogP contribution in [0.15, 0.2) is 35.9 Å². The topological polar surface area (TPSA) is 49.8 Å². The van der Waals surface area contributed by atoms with Crippen molar-refractivity contribution in [3.05, 3.63) is 46.5 Å². The molecular formula is C26H38ClNO3. The fourth-order valence-corrected chi connectivity index (χ4v) is 5.82. The van der Waals surface area contributed by atoms with Crippen molar-refractivity contribution >= 4 is 17.6 Å². The van der Waals surface area contributed by atoms with Gasteiger partial charge in [0.2, 0.25) is 0 Å². The van der Waals surface area contributed by atoms with Crippen LogP contribution in [0.3, 0.4) is 0 Å². The van der Waals surface area contributed by atoms with E-state index in [0.29, 0.717) is 18.3 Å². The van der Waals surface area contributed by atoms with E-state index in [1.807, 2.05) is 19.1 Å². The van der Waals surface area contributed by atoms with Gasteiger partial charge in [0.15, 0.2) is 0 Å². The molecule has 0 aliphatic heterocycles. The van der Waals surface area contributed by atoms with Crippen molar-refractivity contribution in [2.45, 2.75) is 72.1 Å². The molecule has 31 heavy (non-hydrogen) atoms. The van der Waals surface area contributed by atoms with Crippen molar-refractivity contribution in [3.8, 4) is 0 Å². The molecule has 1 unspecified atom stereocenters. The third-order valence-corrected chi connectivity index (χ3v) is 7.89. The van der Waals surface area contributed by atoms with Crippen LogP contribution < -0.4 is 0 Å². The van der Waals surface area contributed by atoms with Gasteiger partial charge in [0.1, 0.15) is 6.10 Å². The van der Waals surface area contributed by atoms with Gasteiger partial charge >= 0.3 is 5.97 Å². The number of benzene rings is 1. The van der Waals surface area contributed by atoms with Crippen LogP contribution in [0.5, 0.6) is 0 Å². The highest BCUT2D eigenvalue weighted by Crippen LogP contribution is 2.51. The van der Waals surface area contributed by atoms with Gasteiger partial charge in [0.25, 0.3) is 0 Å². The molecule has 0 heterocycles. The molecule has 1 aromatic rings. The van der Waals surface area contributed by atoms with Crippen LogP contribution >= 0.6 is 11.6 Å². The summed E-state index contributed by atoms with van der Waals surface area (Å²) in [4.78, 5) is 14.0. The van der Waals surface area contributed by atoms with Gasteiger partial charge in [0, 0.05) is 37.4 Å². The number of carbonyl (C=O) groups is 1. The molecule has 0 aromatic heterocycles. The largest absolute Gasteiger partial charge is 0.458 e. The standard InChI is InChI=1S/C26H38ClNO3/c1-6-28(16-21-8-10-22(27)11-9-21)15-18(3)23-12-7-19(4)26(30)14-25(31-20(5)29)17(2)13-24(23)26/h8-11,13,18-19,23-25,30H,6-7,12,14-16H2,1-5H3/t18?,19-,23+,24-,25-,26-/m1/s1. The predicted octanol–water partition coefficient (Wildman–Crippen LogP) is 5.47. The van der Waals surface area contributed by atoms with Crippen molar-refractivity contribution in [1.29, 1.82) is 0 Å². The molecule has 0 saturated heterocycles. The van der Waals surface area contributed by atoms with Crippen LogP contribution in [-0.2, 0) is 16.1 Å². The normalized spacial score (nSPS) is 31.7. The Labute approximate surface area is 192 Å². The summed E-state index contributed by atoms with van der Waals surface area (Å²) in [7, 11) is 0. The van der Waals surface area contributed by atoms with Crippen LogP contribution in [0.4, 0.5) is 0 Å². The Balaban J connectivity index is 1.75. The Hall–Kier alpha value is -1.36. The second-order valence-electron chi connectivity index (χ2n) is 9.80. The minimum absolute atomic E-state index is 0.104. The van der Waals surface area contributed by atoms with E-state index >= 15 is 0 Å². The van der Waals surface area contributed by atoms with E-state index in [0.717, 1.165) is 43.1 Å². The molecule has 0 amide bonds. The number of hydrogen-bond donors (Lipinski definition) is 1. The van der Waals surface area contributed by atoms with Gasteiger partial charge in [-0.2, -0.15) is 0 Å². The molecule has 3 rings (SSSR count). The lowest BCUT2D eigenvalue weighted by molar-refractivity contribution is -0.159. The average Bonchev–Trinajstić information content (AvgIpc) is 2.71. The highest BCUT2D eigenvalue weighted by atomic mass is 35.5. The second-order valence-corrected chi connectivity index (χ2v) is 10.2. The van der Waals surface area contributed by atoms with Gasteiger partial charge in [-0.3, -0.25) is 9.69 Å². The zero-order valence-electron chi connectivity index (χ0n) is 19.6. The van der Waals surface area contributed by atoms with Gasteiger partial charge in [-0.15, -0.1) is 0 Å². The van der Waals surface area contributed by atoms with E-state index < -0.39 is 5.60 Å². The smallest absolute Gasteiger partial charge is 0.303 e. The van der Waals surface area contributed by atoms with E-state index in [2.05, 4.69) is 43.9 Å². The predicted molar refractivity (Wildman–Crippen MR) is 126 cm³/mol. The van der Waals surface area contributed by atoms with Crippen molar-refractivity contribution < 1.29 is 14.6 Å². The maximum atomic E-state index is 11.8. The Morgan fingerprint density at radius 3 is 2.61 bits per heavy atom. The molecule has 1 saturated carbocycles. The first kappa shape index (κ1) is 24.3. The molecule has 0 bridgehead atoms. The lowest BCUT2D eigenvalue weighted by Gasteiger charge is -2.53. The van der Waals surface area contributed by atoms with Crippen LogP contribution in [-0.4, -0.2) is 40.8 Å². The maximum absolute atomic E-state index is 11.8. The van der Waals surface area contributed by atoms with Crippen molar-refractivity contribution in [3.63, 3.8) is 0 Å². The Morgan fingerprint density at radius 2 is 2.00 bits per heavy atom. The maximum Gasteiger partial charge on any atom is 0.303 e. The monoisotopic (exact) mass is 447 g/mol. The van der Waals surface area contributed by atoms with Gasteiger partial charge in [-0.25, -0.2) is 0 Å². The van der Waals surface area contributed by atoms with Crippen LogP contribution in [0.25, 0.3) is 0 Å². The number of carbonyl (C=O) groups excluding carboxylic acids is 1. The zero-order chi connectivity index (χ0) is 22.8. The molecule has 1 aromatic carbocycles. The quantitative estimate of drug-likeness (QED) is 0.444. The minimum atomic E-state index is -0.815. The third kappa shape index (κ3) is 5.53. The van der Waals surface area contributed by atoms with Crippen LogP contribution in [0.1, 0.15) is 59.4 Å². The summed E-state index contributed by atoms with van der Waals surface area (Å²) in [6.45, 7) is 13.0. The van der Waals surface area contributed by atoms with E-state index in [1.165, 1.54) is 12.5 Å². The fourth-order valence-electron chi connectivity index (χ4n) is 5.69. The van der Waals surface area contributed by atoms with Crippen molar-refractivity contribution in [1.82, 2.24) is 4.90 Å². The molecule has 4 nitrogen and oxygen atoms in total. The fraction of sp³-hybridized carbons (Fsp3) is 0.654. The highest BCUT2D eigenvalue weighted by molar-refractivity contribution is 6.30. The number of halogens is 1. The Morgan fingerprint density at radius 1 is 1.32 bits per heavy atom. The molecule has 0 spiro atoms. The van der Waals surface area contributed by atoms with Gasteiger partial charge in [-0.1, -0.05) is 50.6 Å². The number of nitrogens with zero attached hydrogens (tertiary/aromatic N) is 1. The molecule has 2 aliphatic carbocycles. The number of hydrogen-bond acceptors (Lipinski definition) is 4. The molecule has 172 valence electrons. The van der Waals surface area contributed by atoms with E-state index in [9.17, 15) is 9.90 Å². The zero-order valence-corrected chi connectivity index (χ0v) is 20.4. The van der Waals surface area contributed by atoms with Gasteiger partial charge < -0.3 is 9.84 Å². The number of esters is 1. The van der Waals surface area contributed by atoms with Crippen LogP contribution in [0.2, 0.25) is 5.02 Å². The molecular weight excluding hydrogens is 410 g/mol. The minimum Gasteiger partial charge on any atom is -0.458 e. The molecule has 1 fully saturated rings. The molecule has 1 N–H and O–H groups in total. The SMILES string of the molecule is CCN(Cc1ccc(Cl)cc1)CC(C)[C@@H]1CC[C@@H](C)[C@]2(O)C[C@@H](OC(C)=O)C(C)=C[C@H]12. The summed E-state index contributed by atoms with van der Waals surface area (Å²) in [5, 5.41) is 12.5. The molecule has 2 aliphatic rings.